The first-order chi connectivity index (χ1) is 13.1. The van der Waals surface area contributed by atoms with Gasteiger partial charge in [0.25, 0.3) is 0 Å². The Hall–Kier alpha value is -2.96. The monoisotopic (exact) mass is 377 g/mol. The molecule has 4 aromatic rings. The lowest BCUT2D eigenvalue weighted by Gasteiger charge is -2.06. The zero-order chi connectivity index (χ0) is 18.9. The van der Waals surface area contributed by atoms with Crippen LogP contribution in [0.2, 0.25) is 0 Å². The van der Waals surface area contributed by atoms with Crippen molar-refractivity contribution in [2.45, 2.75) is 11.4 Å². The van der Waals surface area contributed by atoms with Gasteiger partial charge in [-0.3, -0.25) is 4.68 Å². The van der Waals surface area contributed by atoms with E-state index < -0.39 is 10.0 Å². The molecule has 6 heteroatoms. The Labute approximate surface area is 158 Å². The number of hydrogen-bond donors (Lipinski definition) is 1. The van der Waals surface area contributed by atoms with Gasteiger partial charge in [-0.25, -0.2) is 13.1 Å². The number of para-hydroxylation sites is 1. The van der Waals surface area contributed by atoms with E-state index in [1.807, 2.05) is 42.1 Å². The van der Waals surface area contributed by atoms with Crippen LogP contribution in [0.5, 0.6) is 0 Å². The number of sulfonamides is 1. The third-order valence-corrected chi connectivity index (χ3v) is 5.93. The quantitative estimate of drug-likeness (QED) is 0.576. The van der Waals surface area contributed by atoms with Crippen molar-refractivity contribution in [2.75, 3.05) is 0 Å². The lowest BCUT2D eigenvalue weighted by molar-refractivity contribution is 0.580. The zero-order valence-electron chi connectivity index (χ0n) is 14.8. The molecule has 0 aliphatic carbocycles. The van der Waals surface area contributed by atoms with Gasteiger partial charge in [0.1, 0.15) is 0 Å². The molecule has 0 spiro atoms. The van der Waals surface area contributed by atoms with E-state index in [9.17, 15) is 8.42 Å². The van der Waals surface area contributed by atoms with Crippen LogP contribution in [0.4, 0.5) is 0 Å². The van der Waals surface area contributed by atoms with Gasteiger partial charge in [0.15, 0.2) is 0 Å². The van der Waals surface area contributed by atoms with Crippen LogP contribution in [0.25, 0.3) is 22.0 Å². The van der Waals surface area contributed by atoms with Crippen molar-refractivity contribution in [3.8, 4) is 11.1 Å². The lowest BCUT2D eigenvalue weighted by Crippen LogP contribution is -2.23. The van der Waals surface area contributed by atoms with Crippen LogP contribution in [-0.2, 0) is 23.6 Å². The summed E-state index contributed by atoms with van der Waals surface area (Å²) in [6, 6.07) is 24.4. The molecule has 0 saturated carbocycles. The highest BCUT2D eigenvalue weighted by Crippen LogP contribution is 2.30. The van der Waals surface area contributed by atoms with E-state index in [0.29, 0.717) is 5.69 Å². The minimum absolute atomic E-state index is 0.132. The SMILES string of the molecule is Cn1nc(CNS(=O)(=O)c2ccccc2)c2cccc(-c3ccccc3)c21. The van der Waals surface area contributed by atoms with Gasteiger partial charge < -0.3 is 0 Å². The van der Waals surface area contributed by atoms with Crippen LogP contribution in [-0.4, -0.2) is 18.2 Å². The summed E-state index contributed by atoms with van der Waals surface area (Å²) in [4.78, 5) is 0.246. The Morgan fingerprint density at radius 3 is 2.26 bits per heavy atom. The number of nitrogens with zero attached hydrogens (tertiary/aromatic N) is 2. The minimum atomic E-state index is -3.58. The highest BCUT2D eigenvalue weighted by molar-refractivity contribution is 7.89. The highest BCUT2D eigenvalue weighted by Gasteiger charge is 2.17. The summed E-state index contributed by atoms with van der Waals surface area (Å²) in [6.07, 6.45) is 0. The number of rotatable bonds is 5. The van der Waals surface area contributed by atoms with Crippen LogP contribution in [0.3, 0.4) is 0 Å². The molecule has 0 unspecified atom stereocenters. The second kappa shape index (κ2) is 6.98. The van der Waals surface area contributed by atoms with Crippen molar-refractivity contribution in [3.63, 3.8) is 0 Å². The summed E-state index contributed by atoms with van der Waals surface area (Å²) in [5.41, 5.74) is 3.85. The molecular weight excluding hydrogens is 358 g/mol. The molecule has 4 rings (SSSR count). The molecule has 1 aromatic heterocycles. The molecule has 1 heterocycles. The number of aromatic nitrogens is 2. The molecule has 0 radical (unpaired) electrons. The second-order valence-corrected chi connectivity index (χ2v) is 8.04. The Morgan fingerprint density at radius 2 is 1.56 bits per heavy atom. The van der Waals surface area contributed by atoms with Gasteiger partial charge in [0.2, 0.25) is 10.0 Å². The molecule has 0 aliphatic rings. The van der Waals surface area contributed by atoms with Gasteiger partial charge in [-0.1, -0.05) is 66.7 Å². The minimum Gasteiger partial charge on any atom is -0.267 e. The third kappa shape index (κ3) is 3.37. The molecule has 27 heavy (non-hydrogen) atoms. The number of fused-ring (bicyclic) bond motifs is 1. The molecule has 5 nitrogen and oxygen atoms in total. The van der Waals surface area contributed by atoms with Gasteiger partial charge in [-0.05, 0) is 17.7 Å². The van der Waals surface area contributed by atoms with Crippen LogP contribution in [0.15, 0.2) is 83.8 Å². The fourth-order valence-electron chi connectivity index (χ4n) is 3.24. The second-order valence-electron chi connectivity index (χ2n) is 6.28. The number of nitrogens with one attached hydrogen (secondary N) is 1. The molecule has 0 amide bonds. The molecule has 0 bridgehead atoms. The van der Waals surface area contributed by atoms with E-state index in [4.69, 9.17) is 0 Å². The maximum absolute atomic E-state index is 12.5. The van der Waals surface area contributed by atoms with Crippen LogP contribution < -0.4 is 4.72 Å². The number of benzene rings is 3. The average molecular weight is 377 g/mol. The van der Waals surface area contributed by atoms with E-state index in [0.717, 1.165) is 22.0 Å². The number of aryl methyl sites for hydroxylation is 1. The van der Waals surface area contributed by atoms with Crippen molar-refractivity contribution in [3.05, 3.63) is 84.6 Å². The van der Waals surface area contributed by atoms with Crippen LogP contribution in [0.1, 0.15) is 5.69 Å². The first kappa shape index (κ1) is 17.5. The smallest absolute Gasteiger partial charge is 0.240 e. The third-order valence-electron chi connectivity index (χ3n) is 4.51. The summed E-state index contributed by atoms with van der Waals surface area (Å²) in [7, 11) is -1.70. The summed E-state index contributed by atoms with van der Waals surface area (Å²) in [6.45, 7) is 0.132. The van der Waals surface area contributed by atoms with Gasteiger partial charge in [-0.2, -0.15) is 5.10 Å². The lowest BCUT2D eigenvalue weighted by atomic mass is 10.0. The first-order valence-corrected chi connectivity index (χ1v) is 10.1. The number of hydrogen-bond acceptors (Lipinski definition) is 3. The van der Waals surface area contributed by atoms with E-state index in [1.54, 1.807) is 30.3 Å². The van der Waals surface area contributed by atoms with Crippen molar-refractivity contribution in [1.29, 1.82) is 0 Å². The van der Waals surface area contributed by atoms with Crippen molar-refractivity contribution in [1.82, 2.24) is 14.5 Å². The van der Waals surface area contributed by atoms with E-state index in [1.165, 1.54) is 0 Å². The van der Waals surface area contributed by atoms with Crippen molar-refractivity contribution < 1.29 is 8.42 Å². The average Bonchev–Trinajstić information content (AvgIpc) is 3.04. The fourth-order valence-corrected chi connectivity index (χ4v) is 4.25. The standard InChI is InChI=1S/C21H19N3O2S/c1-24-21-18(16-9-4-2-5-10-16)13-8-14-19(21)20(23-24)15-22-27(25,26)17-11-6-3-7-12-17/h2-14,22H,15H2,1H3. The van der Waals surface area contributed by atoms with Crippen molar-refractivity contribution >= 4 is 20.9 Å². The van der Waals surface area contributed by atoms with E-state index >= 15 is 0 Å². The van der Waals surface area contributed by atoms with Gasteiger partial charge in [0.05, 0.1) is 22.7 Å². The molecule has 0 aliphatic heterocycles. The summed E-state index contributed by atoms with van der Waals surface area (Å²) >= 11 is 0. The Morgan fingerprint density at radius 1 is 0.889 bits per heavy atom. The normalized spacial score (nSPS) is 11.7. The van der Waals surface area contributed by atoms with Gasteiger partial charge in [-0.15, -0.1) is 0 Å². The summed E-state index contributed by atoms with van der Waals surface area (Å²) in [5, 5.41) is 5.50. The van der Waals surface area contributed by atoms with Gasteiger partial charge >= 0.3 is 0 Å². The molecule has 1 N–H and O–H groups in total. The molecular formula is C21H19N3O2S. The molecule has 0 atom stereocenters. The fraction of sp³-hybridized carbons (Fsp3) is 0.0952. The molecule has 0 saturated heterocycles. The van der Waals surface area contributed by atoms with E-state index in [-0.39, 0.29) is 11.4 Å². The van der Waals surface area contributed by atoms with Gasteiger partial charge in [0, 0.05) is 18.0 Å². The first-order valence-electron chi connectivity index (χ1n) is 8.61. The Bertz CT molecular complexity index is 1180. The molecule has 3 aromatic carbocycles. The molecule has 0 fully saturated rings. The topological polar surface area (TPSA) is 64.0 Å². The van der Waals surface area contributed by atoms with Crippen molar-refractivity contribution in [2.24, 2.45) is 7.05 Å². The predicted molar refractivity (Wildman–Crippen MR) is 107 cm³/mol. The summed E-state index contributed by atoms with van der Waals surface area (Å²) in [5.74, 6) is 0. The largest absolute Gasteiger partial charge is 0.267 e. The summed E-state index contributed by atoms with van der Waals surface area (Å²) < 4.78 is 29.4. The van der Waals surface area contributed by atoms with Crippen LogP contribution in [0, 0.1) is 0 Å². The highest BCUT2D eigenvalue weighted by atomic mass is 32.2. The predicted octanol–water partition coefficient (Wildman–Crippen LogP) is 3.72. The molecule has 136 valence electrons. The van der Waals surface area contributed by atoms with E-state index in [2.05, 4.69) is 28.0 Å². The maximum Gasteiger partial charge on any atom is 0.240 e. The Kier molecular flexibility index (Phi) is 4.51. The Balaban J connectivity index is 1.70. The zero-order valence-corrected chi connectivity index (χ0v) is 15.6. The maximum atomic E-state index is 12.5. The van der Waals surface area contributed by atoms with Crippen LogP contribution >= 0.6 is 0 Å².